The van der Waals surface area contributed by atoms with E-state index in [2.05, 4.69) is 16.7 Å². The number of thioether (sulfide) groups is 1. The fourth-order valence-corrected chi connectivity index (χ4v) is 4.37. The molecular formula is C21H31N3O2S. The molecule has 0 bridgehead atoms. The summed E-state index contributed by atoms with van der Waals surface area (Å²) in [6.07, 6.45) is 3.82. The summed E-state index contributed by atoms with van der Waals surface area (Å²) in [5.74, 6) is 0.284. The van der Waals surface area contributed by atoms with Crippen LogP contribution in [0.15, 0.2) is 29.2 Å². The first-order valence-electron chi connectivity index (χ1n) is 10.0. The van der Waals surface area contributed by atoms with Crippen molar-refractivity contribution >= 4 is 23.5 Å². The third-order valence-corrected chi connectivity index (χ3v) is 6.53. The van der Waals surface area contributed by atoms with Gasteiger partial charge in [-0.1, -0.05) is 19.1 Å². The largest absolute Gasteiger partial charge is 0.341 e. The molecule has 2 heterocycles. The third-order valence-electron chi connectivity index (χ3n) is 5.79. The van der Waals surface area contributed by atoms with E-state index in [1.807, 2.05) is 35.4 Å². The van der Waals surface area contributed by atoms with Gasteiger partial charge >= 0.3 is 0 Å². The van der Waals surface area contributed by atoms with E-state index < -0.39 is 0 Å². The topological polar surface area (TPSA) is 43.9 Å². The van der Waals surface area contributed by atoms with E-state index in [0.717, 1.165) is 62.6 Å². The van der Waals surface area contributed by atoms with Crippen LogP contribution >= 0.6 is 11.8 Å². The molecule has 2 aliphatic rings. The molecule has 1 atom stereocenters. The molecule has 2 aliphatic heterocycles. The number of amides is 1. The number of likely N-dealkylation sites (tertiary alicyclic amines) is 1. The Morgan fingerprint density at radius 2 is 1.70 bits per heavy atom. The number of hydrogen-bond acceptors (Lipinski definition) is 5. The maximum Gasteiger partial charge on any atom is 0.236 e. The monoisotopic (exact) mass is 389 g/mol. The van der Waals surface area contributed by atoms with E-state index in [9.17, 15) is 9.59 Å². The molecule has 5 nitrogen and oxygen atoms in total. The normalized spacial score (nSPS) is 22.0. The minimum atomic E-state index is -0.0697. The van der Waals surface area contributed by atoms with Crippen LogP contribution in [0.2, 0.25) is 0 Å². The number of piperidine rings is 1. The molecule has 3 rings (SSSR count). The maximum atomic E-state index is 12.9. The van der Waals surface area contributed by atoms with Gasteiger partial charge in [0.05, 0.1) is 6.54 Å². The predicted molar refractivity (Wildman–Crippen MR) is 110 cm³/mol. The smallest absolute Gasteiger partial charge is 0.236 e. The minimum Gasteiger partial charge on any atom is -0.341 e. The molecule has 1 amide bonds. The number of Topliss-reactive ketones (excluding diaryl/α,β-unsaturated/α-hetero) is 1. The molecular weight excluding hydrogens is 358 g/mol. The fraction of sp³-hybridized carbons (Fsp3) is 0.619. The molecule has 1 aromatic carbocycles. The number of likely N-dealkylation sites (N-methyl/N-ethyl adjacent to an activating group) is 1. The van der Waals surface area contributed by atoms with Gasteiger partial charge in [-0.15, -0.1) is 11.8 Å². The molecule has 6 heteroatoms. The number of ketones is 1. The van der Waals surface area contributed by atoms with Crippen LogP contribution in [-0.2, 0) is 4.79 Å². The second kappa shape index (κ2) is 9.71. The second-order valence-corrected chi connectivity index (χ2v) is 8.36. The zero-order valence-electron chi connectivity index (χ0n) is 16.5. The van der Waals surface area contributed by atoms with Crippen molar-refractivity contribution in [3.63, 3.8) is 0 Å². The quantitative estimate of drug-likeness (QED) is 0.552. The van der Waals surface area contributed by atoms with E-state index in [4.69, 9.17) is 0 Å². The van der Waals surface area contributed by atoms with Gasteiger partial charge in [-0.3, -0.25) is 14.5 Å². The van der Waals surface area contributed by atoms with Crippen LogP contribution in [0.25, 0.3) is 0 Å². The molecule has 1 aromatic rings. The molecule has 0 spiro atoms. The van der Waals surface area contributed by atoms with Crippen LogP contribution in [0.5, 0.6) is 0 Å². The Hall–Kier alpha value is -1.37. The van der Waals surface area contributed by atoms with Gasteiger partial charge in [0, 0.05) is 55.6 Å². The van der Waals surface area contributed by atoms with Crippen molar-refractivity contribution in [2.45, 2.75) is 24.7 Å². The zero-order chi connectivity index (χ0) is 19.2. The van der Waals surface area contributed by atoms with Crippen molar-refractivity contribution in [1.29, 1.82) is 0 Å². The van der Waals surface area contributed by atoms with E-state index in [1.54, 1.807) is 11.8 Å². The predicted octanol–water partition coefficient (Wildman–Crippen LogP) is 2.47. The summed E-state index contributed by atoms with van der Waals surface area (Å²) >= 11 is 1.68. The SMILES string of the molecule is CCN1CCN(CC(=O)N2CCC[C@@H](C(=O)c3ccc(SC)cc3)C2)CC1. The highest BCUT2D eigenvalue weighted by Gasteiger charge is 2.30. The summed E-state index contributed by atoms with van der Waals surface area (Å²) in [7, 11) is 0. The van der Waals surface area contributed by atoms with Crippen LogP contribution in [0.1, 0.15) is 30.1 Å². The van der Waals surface area contributed by atoms with Gasteiger partial charge in [0.2, 0.25) is 5.91 Å². The highest BCUT2D eigenvalue weighted by Crippen LogP contribution is 2.23. The van der Waals surface area contributed by atoms with Crippen LogP contribution in [-0.4, -0.2) is 85.0 Å². The van der Waals surface area contributed by atoms with Gasteiger partial charge < -0.3 is 9.80 Å². The number of hydrogen-bond donors (Lipinski definition) is 0. The maximum absolute atomic E-state index is 12.9. The lowest BCUT2D eigenvalue weighted by Crippen LogP contribution is -2.51. The third kappa shape index (κ3) is 5.33. The Bertz CT molecular complexity index is 641. The highest BCUT2D eigenvalue weighted by molar-refractivity contribution is 7.98. The standard InChI is InChI=1S/C21H31N3O2S/c1-3-22-11-13-23(14-12-22)16-20(25)24-10-4-5-18(15-24)21(26)17-6-8-19(27-2)9-7-17/h6-9,18H,3-5,10-16H2,1-2H3/t18-/m1/s1. The molecule has 0 unspecified atom stereocenters. The minimum absolute atomic E-state index is 0.0697. The van der Waals surface area contributed by atoms with Crippen molar-refractivity contribution in [1.82, 2.24) is 14.7 Å². The number of carbonyl (C=O) groups is 2. The highest BCUT2D eigenvalue weighted by atomic mass is 32.2. The van der Waals surface area contributed by atoms with Crippen molar-refractivity contribution in [3.8, 4) is 0 Å². The Morgan fingerprint density at radius 3 is 2.33 bits per heavy atom. The first-order valence-corrected chi connectivity index (χ1v) is 11.2. The van der Waals surface area contributed by atoms with Crippen LogP contribution < -0.4 is 0 Å². The van der Waals surface area contributed by atoms with E-state index >= 15 is 0 Å². The van der Waals surface area contributed by atoms with Crippen molar-refractivity contribution in [2.75, 3.05) is 58.6 Å². The lowest BCUT2D eigenvalue weighted by molar-refractivity contribution is -0.134. The van der Waals surface area contributed by atoms with Gasteiger partial charge in [-0.25, -0.2) is 0 Å². The molecule has 0 radical (unpaired) electrons. The summed E-state index contributed by atoms with van der Waals surface area (Å²) in [4.78, 5) is 33.4. The van der Waals surface area contributed by atoms with Crippen LogP contribution in [0.4, 0.5) is 0 Å². The van der Waals surface area contributed by atoms with E-state index in [-0.39, 0.29) is 17.6 Å². The first kappa shape index (κ1) is 20.4. The molecule has 2 fully saturated rings. The lowest BCUT2D eigenvalue weighted by atomic mass is 9.90. The van der Waals surface area contributed by atoms with Crippen LogP contribution in [0.3, 0.4) is 0 Å². The van der Waals surface area contributed by atoms with Gasteiger partial charge in [-0.05, 0) is 37.8 Å². The van der Waals surface area contributed by atoms with Crippen LogP contribution in [0, 0.1) is 5.92 Å². The van der Waals surface area contributed by atoms with Crippen molar-refractivity contribution in [2.24, 2.45) is 5.92 Å². The van der Waals surface area contributed by atoms with E-state index in [1.165, 1.54) is 0 Å². The summed E-state index contributed by atoms with van der Waals surface area (Å²) in [5, 5.41) is 0. The Labute approximate surface area is 167 Å². The molecule has 0 aliphatic carbocycles. The summed E-state index contributed by atoms with van der Waals surface area (Å²) in [6.45, 7) is 9.08. The average molecular weight is 390 g/mol. The van der Waals surface area contributed by atoms with Gasteiger partial charge in [-0.2, -0.15) is 0 Å². The van der Waals surface area contributed by atoms with Gasteiger partial charge in [0.15, 0.2) is 5.78 Å². The second-order valence-electron chi connectivity index (χ2n) is 7.48. The Balaban J connectivity index is 1.53. The van der Waals surface area contributed by atoms with Gasteiger partial charge in [0.25, 0.3) is 0 Å². The summed E-state index contributed by atoms with van der Waals surface area (Å²) in [5.41, 5.74) is 0.766. The molecule has 27 heavy (non-hydrogen) atoms. The molecule has 0 aromatic heterocycles. The van der Waals surface area contributed by atoms with Crippen molar-refractivity contribution < 1.29 is 9.59 Å². The number of carbonyl (C=O) groups excluding carboxylic acids is 2. The summed E-state index contributed by atoms with van der Waals surface area (Å²) in [6, 6.07) is 7.84. The Kier molecular flexibility index (Phi) is 7.33. The number of nitrogens with zero attached hydrogens (tertiary/aromatic N) is 3. The van der Waals surface area contributed by atoms with E-state index in [0.29, 0.717) is 13.1 Å². The van der Waals surface area contributed by atoms with Gasteiger partial charge in [0.1, 0.15) is 0 Å². The average Bonchev–Trinajstić information content (AvgIpc) is 2.74. The lowest BCUT2D eigenvalue weighted by Gasteiger charge is -2.36. The summed E-state index contributed by atoms with van der Waals surface area (Å²) < 4.78 is 0. The van der Waals surface area contributed by atoms with Crippen molar-refractivity contribution in [3.05, 3.63) is 29.8 Å². The number of rotatable bonds is 6. The number of benzene rings is 1. The molecule has 0 saturated carbocycles. The fourth-order valence-electron chi connectivity index (χ4n) is 3.96. The molecule has 148 valence electrons. The molecule has 2 saturated heterocycles. The molecule has 0 N–H and O–H groups in total. The number of piperazine rings is 1. The zero-order valence-corrected chi connectivity index (χ0v) is 17.3. The first-order chi connectivity index (χ1) is 13.1. The Morgan fingerprint density at radius 1 is 1.04 bits per heavy atom.